The molecule has 3 aromatic carbocycles. The molecule has 7 nitrogen and oxygen atoms in total. The van der Waals surface area contributed by atoms with Crippen molar-refractivity contribution >= 4 is 49.0 Å². The van der Waals surface area contributed by atoms with E-state index in [2.05, 4.69) is 37.0 Å². The Morgan fingerprint density at radius 3 is 2.66 bits per heavy atom. The number of hydrogen-bond donors (Lipinski definition) is 0. The lowest BCUT2D eigenvalue weighted by Crippen LogP contribution is -2.23. The largest absolute Gasteiger partial charge is 0.488 e. The van der Waals surface area contributed by atoms with Gasteiger partial charge in [0.1, 0.15) is 18.2 Å². The standard InChI is InChI=1S/C26H21Br2N3O4/c1-15(2)25-30-21-6-4-19(28)11-20(21)26(32)31(25)29-12-17-10-18(27)5-8-22(17)33-13-16-3-7-23-24(9-16)35-14-34-23/h3-12,15H,13-14H2,1-2H3. The van der Waals surface area contributed by atoms with Gasteiger partial charge in [0.25, 0.3) is 5.56 Å². The highest BCUT2D eigenvalue weighted by molar-refractivity contribution is 9.10. The lowest BCUT2D eigenvalue weighted by molar-refractivity contribution is 0.174. The summed E-state index contributed by atoms with van der Waals surface area (Å²) < 4.78 is 20.0. The maximum atomic E-state index is 13.3. The van der Waals surface area contributed by atoms with Crippen molar-refractivity contribution in [1.82, 2.24) is 9.66 Å². The third-order valence-electron chi connectivity index (χ3n) is 5.47. The number of rotatable bonds is 6. The topological polar surface area (TPSA) is 74.9 Å². The Kier molecular flexibility index (Phi) is 6.62. The Morgan fingerprint density at radius 2 is 1.83 bits per heavy atom. The van der Waals surface area contributed by atoms with Crippen molar-refractivity contribution in [2.75, 3.05) is 6.79 Å². The van der Waals surface area contributed by atoms with Crippen LogP contribution < -0.4 is 19.8 Å². The van der Waals surface area contributed by atoms with Crippen LogP contribution in [0.15, 0.2) is 73.4 Å². The highest BCUT2D eigenvalue weighted by Gasteiger charge is 2.15. The lowest BCUT2D eigenvalue weighted by Gasteiger charge is -2.13. The molecule has 0 N–H and O–H groups in total. The Labute approximate surface area is 218 Å². The van der Waals surface area contributed by atoms with E-state index >= 15 is 0 Å². The first kappa shape index (κ1) is 23.6. The first-order chi connectivity index (χ1) is 16.9. The van der Waals surface area contributed by atoms with Gasteiger partial charge in [0, 0.05) is 20.4 Å². The second-order valence-electron chi connectivity index (χ2n) is 8.31. The molecule has 0 aliphatic carbocycles. The van der Waals surface area contributed by atoms with Crippen molar-refractivity contribution < 1.29 is 14.2 Å². The van der Waals surface area contributed by atoms with E-state index in [-0.39, 0.29) is 18.3 Å². The summed E-state index contributed by atoms with van der Waals surface area (Å²) in [4.78, 5) is 18.0. The third kappa shape index (κ3) is 4.97. The molecule has 0 saturated carbocycles. The van der Waals surface area contributed by atoms with Crippen LogP contribution in [-0.4, -0.2) is 22.7 Å². The van der Waals surface area contributed by atoms with Gasteiger partial charge in [-0.3, -0.25) is 4.79 Å². The molecule has 9 heteroatoms. The van der Waals surface area contributed by atoms with Gasteiger partial charge < -0.3 is 14.2 Å². The first-order valence-corrected chi connectivity index (χ1v) is 12.5. The fourth-order valence-corrected chi connectivity index (χ4v) is 4.45. The van der Waals surface area contributed by atoms with E-state index < -0.39 is 0 Å². The van der Waals surface area contributed by atoms with Crippen molar-refractivity contribution in [3.05, 3.63) is 90.8 Å². The van der Waals surface area contributed by atoms with E-state index in [1.165, 1.54) is 4.68 Å². The Hall–Kier alpha value is -3.17. The number of fused-ring (bicyclic) bond motifs is 2. The minimum atomic E-state index is -0.228. The average Bonchev–Trinajstić information content (AvgIpc) is 3.31. The normalized spacial score (nSPS) is 12.7. The summed E-state index contributed by atoms with van der Waals surface area (Å²) in [5.41, 5.74) is 2.08. The smallest absolute Gasteiger partial charge is 0.282 e. The molecule has 0 amide bonds. The van der Waals surface area contributed by atoms with Crippen LogP contribution in [0.2, 0.25) is 0 Å². The molecule has 0 unspecified atom stereocenters. The predicted octanol–water partition coefficient (Wildman–Crippen LogP) is 6.23. The van der Waals surface area contributed by atoms with Gasteiger partial charge in [-0.25, -0.2) is 4.98 Å². The van der Waals surface area contributed by atoms with Crippen LogP contribution in [0.5, 0.6) is 17.2 Å². The summed E-state index contributed by atoms with van der Waals surface area (Å²) in [6.07, 6.45) is 1.62. The highest BCUT2D eigenvalue weighted by atomic mass is 79.9. The SMILES string of the molecule is CC(C)c1nc2ccc(Br)cc2c(=O)n1N=Cc1cc(Br)ccc1OCc1ccc2c(c1)OCO2. The van der Waals surface area contributed by atoms with E-state index in [4.69, 9.17) is 19.2 Å². The maximum absolute atomic E-state index is 13.3. The van der Waals surface area contributed by atoms with Crippen LogP contribution >= 0.6 is 31.9 Å². The van der Waals surface area contributed by atoms with E-state index in [9.17, 15) is 4.79 Å². The van der Waals surface area contributed by atoms with Crippen molar-refractivity contribution in [2.24, 2.45) is 5.10 Å². The average molecular weight is 599 g/mol. The van der Waals surface area contributed by atoms with Gasteiger partial charge in [0.05, 0.1) is 17.1 Å². The van der Waals surface area contributed by atoms with Crippen LogP contribution in [-0.2, 0) is 6.61 Å². The Bertz CT molecular complexity index is 1510. The molecule has 4 aromatic rings. The lowest BCUT2D eigenvalue weighted by atomic mass is 10.2. The van der Waals surface area contributed by atoms with Crippen molar-refractivity contribution in [2.45, 2.75) is 26.4 Å². The summed E-state index contributed by atoms with van der Waals surface area (Å²) in [5, 5.41) is 5.04. The molecular formula is C26H21Br2N3O4. The molecule has 178 valence electrons. The van der Waals surface area contributed by atoms with Gasteiger partial charge in [-0.05, 0) is 54.1 Å². The van der Waals surface area contributed by atoms with Crippen molar-refractivity contribution in [3.63, 3.8) is 0 Å². The number of benzene rings is 3. The minimum Gasteiger partial charge on any atom is -0.488 e. The molecule has 0 radical (unpaired) electrons. The van der Waals surface area contributed by atoms with Crippen LogP contribution in [0, 0.1) is 0 Å². The first-order valence-electron chi connectivity index (χ1n) is 11.0. The van der Waals surface area contributed by atoms with Crippen molar-refractivity contribution in [1.29, 1.82) is 0 Å². The van der Waals surface area contributed by atoms with E-state index in [0.29, 0.717) is 34.8 Å². The predicted molar refractivity (Wildman–Crippen MR) is 142 cm³/mol. The Balaban J connectivity index is 1.48. The van der Waals surface area contributed by atoms with Gasteiger partial charge in [0.2, 0.25) is 6.79 Å². The fraction of sp³-hybridized carbons (Fsp3) is 0.192. The summed E-state index contributed by atoms with van der Waals surface area (Å²) in [6, 6.07) is 16.8. The summed E-state index contributed by atoms with van der Waals surface area (Å²) >= 11 is 6.95. The number of halogens is 2. The number of aromatic nitrogens is 2. The summed E-state index contributed by atoms with van der Waals surface area (Å²) in [7, 11) is 0. The molecule has 5 rings (SSSR count). The Morgan fingerprint density at radius 1 is 1.06 bits per heavy atom. The molecule has 35 heavy (non-hydrogen) atoms. The molecular weight excluding hydrogens is 578 g/mol. The molecule has 1 aliphatic heterocycles. The van der Waals surface area contributed by atoms with E-state index in [0.717, 1.165) is 25.8 Å². The second kappa shape index (κ2) is 9.83. The van der Waals surface area contributed by atoms with E-state index in [1.54, 1.807) is 12.3 Å². The molecule has 0 atom stereocenters. The second-order valence-corrected chi connectivity index (χ2v) is 10.1. The third-order valence-corrected chi connectivity index (χ3v) is 6.45. The zero-order chi connectivity index (χ0) is 24.5. The number of hydrogen-bond acceptors (Lipinski definition) is 6. The highest BCUT2D eigenvalue weighted by Crippen LogP contribution is 2.33. The fourth-order valence-electron chi connectivity index (χ4n) is 3.71. The van der Waals surface area contributed by atoms with E-state index in [1.807, 2.05) is 62.4 Å². The van der Waals surface area contributed by atoms with Crippen LogP contribution in [0.4, 0.5) is 0 Å². The molecule has 0 spiro atoms. The number of nitrogens with zero attached hydrogens (tertiary/aromatic N) is 3. The van der Waals surface area contributed by atoms with Gasteiger partial charge in [-0.2, -0.15) is 9.78 Å². The molecule has 0 bridgehead atoms. The van der Waals surface area contributed by atoms with Crippen LogP contribution in [0.25, 0.3) is 10.9 Å². The summed E-state index contributed by atoms with van der Waals surface area (Å²) in [5.74, 6) is 2.65. The summed E-state index contributed by atoms with van der Waals surface area (Å²) in [6.45, 7) is 4.53. The monoisotopic (exact) mass is 597 g/mol. The molecule has 1 aromatic heterocycles. The minimum absolute atomic E-state index is 0.00265. The molecule has 1 aliphatic rings. The van der Waals surface area contributed by atoms with Gasteiger partial charge >= 0.3 is 0 Å². The molecule has 0 saturated heterocycles. The molecule has 0 fully saturated rings. The van der Waals surface area contributed by atoms with Crippen LogP contribution in [0.1, 0.15) is 36.7 Å². The molecule has 2 heterocycles. The van der Waals surface area contributed by atoms with Crippen molar-refractivity contribution in [3.8, 4) is 17.2 Å². The number of ether oxygens (including phenoxy) is 3. The maximum Gasteiger partial charge on any atom is 0.282 e. The van der Waals surface area contributed by atoms with Gasteiger partial charge in [0.15, 0.2) is 11.5 Å². The zero-order valence-corrected chi connectivity index (χ0v) is 22.2. The van der Waals surface area contributed by atoms with Crippen LogP contribution in [0.3, 0.4) is 0 Å². The zero-order valence-electron chi connectivity index (χ0n) is 19.0. The van der Waals surface area contributed by atoms with Gasteiger partial charge in [-0.1, -0.05) is 51.8 Å². The van der Waals surface area contributed by atoms with Gasteiger partial charge in [-0.15, -0.1) is 0 Å². The quantitative estimate of drug-likeness (QED) is 0.246.